The summed E-state index contributed by atoms with van der Waals surface area (Å²) in [6, 6.07) is 7.34. The standard InChI is InChI=1S/C33H36N4O8S2/c1-32-14-12-22(30(32)36(18-24(38)20-46(40,41)42)26-10-6-16-34-28(26)32)8-4-3-5-9-23-13-15-33(2)29-27(11-7-17-35-29)37(31(23)33)19-25(39)21-47(43,44)45/h3-11,16-18,25,39H,12-15,19-21H2,1-2H3,(H2-,38,40,41,42,43,44,45)/p+1/b24-18+. The molecule has 0 spiro atoms. The Bertz CT molecular complexity index is 2050. The molecule has 6 rings (SSSR count). The van der Waals surface area contributed by atoms with Crippen LogP contribution in [0.1, 0.15) is 50.9 Å². The third kappa shape index (κ3) is 6.23. The summed E-state index contributed by atoms with van der Waals surface area (Å²) >= 11 is 0. The summed E-state index contributed by atoms with van der Waals surface area (Å²) in [5.74, 6) is -2.16. The smallest absolute Gasteiger partial charge is 0.272 e. The van der Waals surface area contributed by atoms with E-state index in [0.29, 0.717) is 0 Å². The van der Waals surface area contributed by atoms with Gasteiger partial charge in [-0.2, -0.15) is 21.4 Å². The van der Waals surface area contributed by atoms with Gasteiger partial charge in [0.15, 0.2) is 12.3 Å². The molecule has 0 bridgehead atoms. The van der Waals surface area contributed by atoms with Crippen LogP contribution in [0.5, 0.6) is 0 Å². The lowest BCUT2D eigenvalue weighted by Crippen LogP contribution is -2.33. The molecule has 4 heterocycles. The molecule has 3 atom stereocenters. The zero-order valence-electron chi connectivity index (χ0n) is 26.0. The third-order valence-electron chi connectivity index (χ3n) is 9.34. The molecular weight excluding hydrogens is 645 g/mol. The summed E-state index contributed by atoms with van der Waals surface area (Å²) in [6.07, 6.45) is 16.3. The summed E-state index contributed by atoms with van der Waals surface area (Å²) < 4.78 is 66.1. The highest BCUT2D eigenvalue weighted by molar-refractivity contribution is 7.86. The van der Waals surface area contributed by atoms with Gasteiger partial charge in [0.1, 0.15) is 34.5 Å². The van der Waals surface area contributed by atoms with E-state index in [-0.39, 0.29) is 6.54 Å². The van der Waals surface area contributed by atoms with E-state index in [1.807, 2.05) is 47.1 Å². The van der Waals surface area contributed by atoms with E-state index in [9.17, 15) is 36.2 Å². The highest BCUT2D eigenvalue weighted by Crippen LogP contribution is 2.55. The topological polar surface area (TPSA) is 181 Å². The fourth-order valence-electron chi connectivity index (χ4n) is 7.54. The first-order valence-electron chi connectivity index (χ1n) is 15.2. The quantitative estimate of drug-likeness (QED) is 0.123. The van der Waals surface area contributed by atoms with Crippen molar-refractivity contribution in [1.82, 2.24) is 9.97 Å². The van der Waals surface area contributed by atoms with Crippen LogP contribution >= 0.6 is 0 Å². The van der Waals surface area contributed by atoms with Crippen LogP contribution in [0.25, 0.3) is 0 Å². The van der Waals surface area contributed by atoms with Crippen LogP contribution in [0.4, 0.5) is 11.4 Å². The predicted molar refractivity (Wildman–Crippen MR) is 177 cm³/mol. The minimum Gasteiger partial charge on any atom is -0.510 e. The highest BCUT2D eigenvalue weighted by Gasteiger charge is 2.55. The number of anilines is 1. The number of fused-ring (bicyclic) bond motifs is 6. The number of allylic oxidation sites excluding steroid dienone is 8. The number of pyridine rings is 2. The average molecular weight is 682 g/mol. The number of hydrogen-bond acceptors (Lipinski definition) is 9. The van der Waals surface area contributed by atoms with Crippen LogP contribution in [0.15, 0.2) is 95.8 Å². The van der Waals surface area contributed by atoms with Gasteiger partial charge in [0.25, 0.3) is 20.2 Å². The number of β-amino-alcohol motifs (C(OH)–C–C–N with tert-alkyl or cyclic N) is 1. The van der Waals surface area contributed by atoms with Crippen molar-refractivity contribution in [2.75, 3.05) is 23.0 Å². The van der Waals surface area contributed by atoms with Crippen molar-refractivity contribution in [2.45, 2.75) is 56.5 Å². The highest BCUT2D eigenvalue weighted by atomic mass is 32.2. The van der Waals surface area contributed by atoms with Gasteiger partial charge in [-0.3, -0.25) is 19.1 Å². The first-order valence-corrected chi connectivity index (χ1v) is 18.4. The summed E-state index contributed by atoms with van der Waals surface area (Å²) in [4.78, 5) is 11.0. The Morgan fingerprint density at radius 3 is 2.40 bits per heavy atom. The van der Waals surface area contributed by atoms with E-state index in [2.05, 4.69) is 23.8 Å². The van der Waals surface area contributed by atoms with E-state index in [1.54, 1.807) is 29.4 Å². The van der Waals surface area contributed by atoms with E-state index >= 15 is 0 Å². The largest absolute Gasteiger partial charge is 0.510 e. The SMILES string of the molecule is CC12CCC(/C=C/C=C/C=C3\CCC4(C)C3=[N+](CC(O)CS(=O)(=O)O)c3cccnc34)=C1N(/C=C(/O)CS(=O)(=O)O)c1cccnc12. The Kier molecular flexibility index (Phi) is 8.37. The Morgan fingerprint density at radius 1 is 0.979 bits per heavy atom. The van der Waals surface area contributed by atoms with E-state index in [4.69, 9.17) is 0 Å². The van der Waals surface area contributed by atoms with Gasteiger partial charge in [-0.05, 0) is 63.3 Å². The minimum absolute atomic E-state index is 0.0119. The Balaban J connectivity index is 1.30. The normalized spacial score (nSPS) is 25.8. The molecule has 2 aliphatic heterocycles. The summed E-state index contributed by atoms with van der Waals surface area (Å²) in [5, 5.41) is 21.0. The molecule has 1 fully saturated rings. The van der Waals surface area contributed by atoms with Crippen LogP contribution in [0.2, 0.25) is 0 Å². The van der Waals surface area contributed by atoms with E-state index < -0.39 is 54.4 Å². The molecule has 4 aliphatic rings. The Hall–Kier alpha value is -3.95. The van der Waals surface area contributed by atoms with Gasteiger partial charge in [0, 0.05) is 35.9 Å². The first-order chi connectivity index (χ1) is 22.1. The second kappa shape index (κ2) is 11.9. The summed E-state index contributed by atoms with van der Waals surface area (Å²) in [7, 11) is -8.78. The lowest BCUT2D eigenvalue weighted by molar-refractivity contribution is -0.448. The molecule has 0 amide bonds. The second-order valence-electron chi connectivity index (χ2n) is 12.8. The molecule has 248 valence electrons. The third-order valence-corrected chi connectivity index (χ3v) is 10.8. The molecule has 0 radical (unpaired) electrons. The number of nitrogens with zero attached hydrogens (tertiary/aromatic N) is 4. The van der Waals surface area contributed by atoms with Crippen molar-refractivity contribution < 1.29 is 40.7 Å². The van der Waals surface area contributed by atoms with Gasteiger partial charge in [-0.1, -0.05) is 30.4 Å². The minimum atomic E-state index is -4.42. The van der Waals surface area contributed by atoms with Gasteiger partial charge in [0.2, 0.25) is 5.69 Å². The van der Waals surface area contributed by atoms with Crippen LogP contribution in [0.3, 0.4) is 0 Å². The van der Waals surface area contributed by atoms with Gasteiger partial charge < -0.3 is 15.1 Å². The summed E-state index contributed by atoms with van der Waals surface area (Å²) in [5.41, 5.74) is 6.25. The molecular formula is C33H37N4O8S2+. The first kappa shape index (κ1) is 33.0. The van der Waals surface area contributed by atoms with Crippen LogP contribution < -0.4 is 4.90 Å². The van der Waals surface area contributed by atoms with Crippen LogP contribution in [0, 0.1) is 0 Å². The van der Waals surface area contributed by atoms with Gasteiger partial charge in [-0.15, -0.1) is 0 Å². The van der Waals surface area contributed by atoms with E-state index in [1.165, 1.54) is 6.20 Å². The lowest BCUT2D eigenvalue weighted by Gasteiger charge is -2.23. The molecule has 2 aliphatic carbocycles. The zero-order valence-corrected chi connectivity index (χ0v) is 27.6. The predicted octanol–water partition coefficient (Wildman–Crippen LogP) is 4.03. The maximum absolute atomic E-state index is 11.4. The van der Waals surface area contributed by atoms with Crippen molar-refractivity contribution in [3.05, 3.63) is 107 Å². The maximum Gasteiger partial charge on any atom is 0.272 e. The molecule has 47 heavy (non-hydrogen) atoms. The number of aliphatic hydroxyl groups excluding tert-OH is 2. The van der Waals surface area contributed by atoms with E-state index in [0.717, 1.165) is 71.0 Å². The number of aliphatic hydroxyl groups is 2. The van der Waals surface area contributed by atoms with Gasteiger partial charge in [-0.25, -0.2) is 0 Å². The van der Waals surface area contributed by atoms with Gasteiger partial charge >= 0.3 is 0 Å². The van der Waals surface area contributed by atoms with Gasteiger partial charge in [0.05, 0.1) is 16.8 Å². The zero-order chi connectivity index (χ0) is 33.8. The number of aromatic nitrogens is 2. The maximum atomic E-state index is 11.4. The van der Waals surface area contributed by atoms with Crippen molar-refractivity contribution in [2.24, 2.45) is 0 Å². The van der Waals surface area contributed by atoms with Crippen molar-refractivity contribution in [3.8, 4) is 0 Å². The number of hydrogen-bond donors (Lipinski definition) is 4. The second-order valence-corrected chi connectivity index (χ2v) is 15.7. The average Bonchev–Trinajstić information content (AvgIpc) is 3.63. The molecule has 2 aromatic heterocycles. The summed E-state index contributed by atoms with van der Waals surface area (Å²) in [6.45, 7) is 4.16. The molecule has 14 heteroatoms. The van der Waals surface area contributed by atoms with Crippen molar-refractivity contribution in [1.29, 1.82) is 0 Å². The Labute approximate surface area is 274 Å². The number of rotatable bonds is 10. The molecule has 1 saturated carbocycles. The molecule has 2 aromatic rings. The fraction of sp³-hybridized carbons (Fsp3) is 0.364. The molecule has 4 N–H and O–H groups in total. The Morgan fingerprint density at radius 2 is 1.68 bits per heavy atom. The molecule has 3 unspecified atom stereocenters. The van der Waals surface area contributed by atoms with Crippen molar-refractivity contribution >= 4 is 37.3 Å². The lowest BCUT2D eigenvalue weighted by atomic mass is 9.84. The van der Waals surface area contributed by atoms with Crippen molar-refractivity contribution in [3.63, 3.8) is 0 Å². The van der Waals surface area contributed by atoms with Crippen LogP contribution in [-0.2, 0) is 31.1 Å². The van der Waals surface area contributed by atoms with Crippen LogP contribution in [-0.4, -0.2) is 80.6 Å². The molecule has 0 aromatic carbocycles. The molecule has 0 saturated heterocycles. The molecule has 12 nitrogen and oxygen atoms in total. The fourth-order valence-corrected chi connectivity index (χ4v) is 8.58. The monoisotopic (exact) mass is 681 g/mol.